The Hall–Kier alpha value is -2.30. The van der Waals surface area contributed by atoms with Crippen LogP contribution in [0.4, 0.5) is 11.4 Å². The van der Waals surface area contributed by atoms with Crippen molar-refractivity contribution >= 4 is 17.3 Å². The van der Waals surface area contributed by atoms with E-state index >= 15 is 0 Å². The Labute approximate surface area is 130 Å². The highest BCUT2D eigenvalue weighted by molar-refractivity contribution is 5.91. The van der Waals surface area contributed by atoms with Gasteiger partial charge in [-0.05, 0) is 44.0 Å². The van der Waals surface area contributed by atoms with E-state index in [2.05, 4.69) is 27.4 Å². The molecule has 0 saturated carbocycles. The van der Waals surface area contributed by atoms with E-state index in [0.717, 1.165) is 18.8 Å². The zero-order valence-corrected chi connectivity index (χ0v) is 12.9. The zero-order valence-electron chi connectivity index (χ0n) is 12.9. The first-order valence-corrected chi connectivity index (χ1v) is 7.86. The van der Waals surface area contributed by atoms with E-state index in [1.165, 1.54) is 18.5 Å². The van der Waals surface area contributed by atoms with Gasteiger partial charge in [0.25, 0.3) is 0 Å². The van der Waals surface area contributed by atoms with Crippen LogP contribution in [-0.4, -0.2) is 28.8 Å². The molecule has 1 aromatic carbocycles. The van der Waals surface area contributed by atoms with Crippen molar-refractivity contribution in [3.63, 3.8) is 0 Å². The summed E-state index contributed by atoms with van der Waals surface area (Å²) in [5, 5.41) is 7.16. The predicted octanol–water partition coefficient (Wildman–Crippen LogP) is 3.07. The molecule has 22 heavy (non-hydrogen) atoms. The van der Waals surface area contributed by atoms with Gasteiger partial charge in [0.1, 0.15) is 0 Å². The molecule has 5 heteroatoms. The van der Waals surface area contributed by atoms with Crippen LogP contribution in [0.15, 0.2) is 42.7 Å². The highest BCUT2D eigenvalue weighted by Crippen LogP contribution is 2.23. The quantitative estimate of drug-likeness (QED) is 0.923. The highest BCUT2D eigenvalue weighted by atomic mass is 16.1. The van der Waals surface area contributed by atoms with E-state index in [1.54, 1.807) is 10.9 Å². The standard InChI is InChI=1S/C17H22N4O/c1-14(21-11-5-8-18-21)12-17(22)19-15-6-4-7-16(13-15)20-9-2-3-10-20/h4-8,11,13-14H,2-3,9-10,12H2,1H3,(H,19,22)/t14-/m1/s1. The normalized spacial score (nSPS) is 15.8. The van der Waals surface area contributed by atoms with Gasteiger partial charge in [-0.1, -0.05) is 6.07 Å². The van der Waals surface area contributed by atoms with Crippen LogP contribution in [0.5, 0.6) is 0 Å². The first kappa shape index (κ1) is 14.6. The lowest BCUT2D eigenvalue weighted by Crippen LogP contribution is -2.19. The number of rotatable bonds is 5. The molecule has 1 fully saturated rings. The third kappa shape index (κ3) is 3.47. The Balaban J connectivity index is 1.60. The first-order valence-electron chi connectivity index (χ1n) is 7.86. The first-order chi connectivity index (χ1) is 10.7. The molecule has 1 aliphatic rings. The average molecular weight is 298 g/mol. The molecule has 1 atom stereocenters. The predicted molar refractivity (Wildman–Crippen MR) is 88.1 cm³/mol. The number of aromatic nitrogens is 2. The minimum Gasteiger partial charge on any atom is -0.371 e. The SMILES string of the molecule is C[C@H](CC(=O)Nc1cccc(N2CCCC2)c1)n1cccn1. The van der Waals surface area contributed by atoms with E-state index in [9.17, 15) is 4.79 Å². The molecule has 1 amide bonds. The molecule has 2 heterocycles. The van der Waals surface area contributed by atoms with Gasteiger partial charge in [0, 0.05) is 43.3 Å². The van der Waals surface area contributed by atoms with Crippen molar-refractivity contribution in [1.29, 1.82) is 0 Å². The summed E-state index contributed by atoms with van der Waals surface area (Å²) in [6.07, 6.45) is 6.52. The number of anilines is 2. The number of hydrogen-bond donors (Lipinski definition) is 1. The number of benzene rings is 1. The van der Waals surface area contributed by atoms with Gasteiger partial charge in [0.15, 0.2) is 0 Å². The van der Waals surface area contributed by atoms with Crippen molar-refractivity contribution in [2.75, 3.05) is 23.3 Å². The second-order valence-electron chi connectivity index (χ2n) is 5.83. The van der Waals surface area contributed by atoms with Crippen LogP contribution >= 0.6 is 0 Å². The van der Waals surface area contributed by atoms with E-state index in [0.29, 0.717) is 6.42 Å². The number of nitrogens with zero attached hydrogens (tertiary/aromatic N) is 3. The maximum Gasteiger partial charge on any atom is 0.226 e. The fraction of sp³-hybridized carbons (Fsp3) is 0.412. The molecule has 0 bridgehead atoms. The molecule has 2 aromatic rings. The highest BCUT2D eigenvalue weighted by Gasteiger charge is 2.14. The number of carbonyl (C=O) groups excluding carboxylic acids is 1. The third-order valence-electron chi connectivity index (χ3n) is 4.06. The largest absolute Gasteiger partial charge is 0.371 e. The molecular formula is C17H22N4O. The minimum atomic E-state index is 0.0153. The molecular weight excluding hydrogens is 276 g/mol. The fourth-order valence-corrected chi connectivity index (χ4v) is 2.87. The van der Waals surface area contributed by atoms with Crippen molar-refractivity contribution < 1.29 is 4.79 Å². The molecule has 0 aliphatic carbocycles. The van der Waals surface area contributed by atoms with Gasteiger partial charge >= 0.3 is 0 Å². The van der Waals surface area contributed by atoms with Gasteiger partial charge in [-0.2, -0.15) is 5.10 Å². The summed E-state index contributed by atoms with van der Waals surface area (Å²) in [5.41, 5.74) is 2.05. The van der Waals surface area contributed by atoms with Gasteiger partial charge in [-0.25, -0.2) is 0 Å². The van der Waals surface area contributed by atoms with Crippen LogP contribution in [0.2, 0.25) is 0 Å². The van der Waals surface area contributed by atoms with Crippen LogP contribution in [0, 0.1) is 0 Å². The molecule has 1 saturated heterocycles. The molecule has 1 aliphatic heterocycles. The lowest BCUT2D eigenvalue weighted by Gasteiger charge is -2.18. The van der Waals surface area contributed by atoms with Crippen molar-refractivity contribution in [3.05, 3.63) is 42.7 Å². The van der Waals surface area contributed by atoms with Crippen LogP contribution in [0.25, 0.3) is 0 Å². The monoisotopic (exact) mass is 298 g/mol. The molecule has 116 valence electrons. The number of amides is 1. The van der Waals surface area contributed by atoms with E-state index in [1.807, 2.05) is 31.3 Å². The van der Waals surface area contributed by atoms with Gasteiger partial charge < -0.3 is 10.2 Å². The molecule has 1 N–H and O–H groups in total. The average Bonchev–Trinajstić information content (AvgIpc) is 3.21. The number of hydrogen-bond acceptors (Lipinski definition) is 3. The minimum absolute atomic E-state index is 0.0153. The van der Waals surface area contributed by atoms with Gasteiger partial charge in [-0.15, -0.1) is 0 Å². The Morgan fingerprint density at radius 3 is 2.86 bits per heavy atom. The summed E-state index contributed by atoms with van der Waals surface area (Å²) >= 11 is 0. The van der Waals surface area contributed by atoms with Gasteiger partial charge in [0.2, 0.25) is 5.91 Å². The van der Waals surface area contributed by atoms with Crippen molar-refractivity contribution in [3.8, 4) is 0 Å². The molecule has 0 radical (unpaired) electrons. The summed E-state index contributed by atoms with van der Waals surface area (Å²) in [6.45, 7) is 4.20. The van der Waals surface area contributed by atoms with Crippen LogP contribution < -0.4 is 10.2 Å². The molecule has 3 rings (SSSR count). The Bertz CT molecular complexity index is 617. The smallest absolute Gasteiger partial charge is 0.226 e. The summed E-state index contributed by atoms with van der Waals surface area (Å²) in [7, 11) is 0. The van der Waals surface area contributed by atoms with Gasteiger partial charge in [0.05, 0.1) is 6.04 Å². The molecule has 0 spiro atoms. The summed E-state index contributed by atoms with van der Waals surface area (Å²) < 4.78 is 1.81. The maximum absolute atomic E-state index is 12.2. The van der Waals surface area contributed by atoms with Crippen LogP contribution in [-0.2, 0) is 4.79 Å². The van der Waals surface area contributed by atoms with Crippen molar-refractivity contribution in [1.82, 2.24) is 9.78 Å². The molecule has 1 aromatic heterocycles. The number of nitrogens with one attached hydrogen (secondary N) is 1. The van der Waals surface area contributed by atoms with Gasteiger partial charge in [-0.3, -0.25) is 9.48 Å². The number of carbonyl (C=O) groups is 1. The van der Waals surface area contributed by atoms with Crippen molar-refractivity contribution in [2.45, 2.75) is 32.2 Å². The second kappa shape index (κ2) is 6.64. The molecule has 5 nitrogen and oxygen atoms in total. The van der Waals surface area contributed by atoms with E-state index in [4.69, 9.17) is 0 Å². The molecule has 0 unspecified atom stereocenters. The van der Waals surface area contributed by atoms with Crippen molar-refractivity contribution in [2.24, 2.45) is 0 Å². The third-order valence-corrected chi connectivity index (χ3v) is 4.06. The Kier molecular flexibility index (Phi) is 4.42. The van der Waals surface area contributed by atoms with Crippen LogP contribution in [0.1, 0.15) is 32.2 Å². The summed E-state index contributed by atoms with van der Waals surface area (Å²) in [5.74, 6) is 0.0153. The lowest BCUT2D eigenvalue weighted by molar-refractivity contribution is -0.116. The lowest BCUT2D eigenvalue weighted by atomic mass is 10.2. The fourth-order valence-electron chi connectivity index (χ4n) is 2.87. The Morgan fingerprint density at radius 1 is 1.32 bits per heavy atom. The van der Waals surface area contributed by atoms with Crippen LogP contribution in [0.3, 0.4) is 0 Å². The second-order valence-corrected chi connectivity index (χ2v) is 5.83. The van der Waals surface area contributed by atoms with E-state index < -0.39 is 0 Å². The topological polar surface area (TPSA) is 50.2 Å². The summed E-state index contributed by atoms with van der Waals surface area (Å²) in [6, 6.07) is 10.0. The van der Waals surface area contributed by atoms with E-state index in [-0.39, 0.29) is 11.9 Å². The zero-order chi connectivity index (χ0) is 15.4. The maximum atomic E-state index is 12.2. The Morgan fingerprint density at radius 2 is 2.14 bits per heavy atom. The summed E-state index contributed by atoms with van der Waals surface area (Å²) in [4.78, 5) is 14.5.